The van der Waals surface area contributed by atoms with Crippen LogP contribution in [0, 0.1) is 11.7 Å². The van der Waals surface area contributed by atoms with Crippen molar-refractivity contribution < 1.29 is 12.8 Å². The van der Waals surface area contributed by atoms with Crippen molar-refractivity contribution in [2.45, 2.75) is 13.0 Å². The number of hydrogen-bond donors (Lipinski definition) is 1. The molecule has 0 saturated carbocycles. The fraction of sp³-hybridized carbons (Fsp3) is 0.417. The third kappa shape index (κ3) is 2.42. The number of nitrogens with zero attached hydrogens (tertiary/aromatic N) is 2. The van der Waals surface area contributed by atoms with Gasteiger partial charge >= 0.3 is 0 Å². The lowest BCUT2D eigenvalue weighted by atomic mass is 10.1. The summed E-state index contributed by atoms with van der Waals surface area (Å²) in [6.45, 7) is 0.486. The van der Waals surface area contributed by atoms with Gasteiger partial charge in [0.15, 0.2) is 9.84 Å². The second-order valence-electron chi connectivity index (χ2n) is 5.10. The maximum Gasteiger partial charge on any atom is 0.201 e. The van der Waals surface area contributed by atoms with Crippen LogP contribution in [-0.4, -0.2) is 29.5 Å². The SMILES string of the molecule is Nc1nc2cc(F)c(Br)cc2n1CC1CCS(=O)(=O)C1. The molecular formula is C12H13BrFN3O2S. The molecule has 1 aromatic carbocycles. The van der Waals surface area contributed by atoms with Crippen LogP contribution in [0.15, 0.2) is 16.6 Å². The molecule has 2 heterocycles. The zero-order chi connectivity index (χ0) is 14.5. The number of benzene rings is 1. The Bertz CT molecular complexity index is 788. The van der Waals surface area contributed by atoms with E-state index in [-0.39, 0.29) is 23.4 Å². The zero-order valence-corrected chi connectivity index (χ0v) is 12.9. The average molecular weight is 362 g/mol. The molecule has 1 aliphatic heterocycles. The van der Waals surface area contributed by atoms with Crippen molar-refractivity contribution in [1.29, 1.82) is 0 Å². The highest BCUT2D eigenvalue weighted by Gasteiger charge is 2.29. The number of sulfone groups is 1. The minimum atomic E-state index is -2.92. The Hall–Kier alpha value is -1.15. The highest BCUT2D eigenvalue weighted by atomic mass is 79.9. The van der Waals surface area contributed by atoms with Crippen molar-refractivity contribution in [2.24, 2.45) is 5.92 Å². The number of rotatable bonds is 2. The molecule has 1 atom stereocenters. The molecule has 0 aliphatic carbocycles. The number of anilines is 1. The third-order valence-electron chi connectivity index (χ3n) is 3.59. The second-order valence-corrected chi connectivity index (χ2v) is 8.19. The summed E-state index contributed by atoms with van der Waals surface area (Å²) < 4.78 is 38.6. The summed E-state index contributed by atoms with van der Waals surface area (Å²) in [7, 11) is -2.92. The van der Waals surface area contributed by atoms with Gasteiger partial charge in [-0.3, -0.25) is 0 Å². The lowest BCUT2D eigenvalue weighted by molar-refractivity contribution is 0.502. The number of fused-ring (bicyclic) bond motifs is 1. The van der Waals surface area contributed by atoms with Gasteiger partial charge in [0.05, 0.1) is 27.0 Å². The lowest BCUT2D eigenvalue weighted by Crippen LogP contribution is -2.14. The summed E-state index contributed by atoms with van der Waals surface area (Å²) in [4.78, 5) is 4.12. The van der Waals surface area contributed by atoms with E-state index in [1.54, 1.807) is 10.6 Å². The Morgan fingerprint density at radius 3 is 2.90 bits per heavy atom. The first-order valence-electron chi connectivity index (χ1n) is 6.17. The van der Waals surface area contributed by atoms with Crippen molar-refractivity contribution in [3.63, 3.8) is 0 Å². The minimum Gasteiger partial charge on any atom is -0.369 e. The number of imidazole rings is 1. The summed E-state index contributed by atoms with van der Waals surface area (Å²) in [6.07, 6.45) is 0.629. The van der Waals surface area contributed by atoms with Gasteiger partial charge in [-0.15, -0.1) is 0 Å². The van der Waals surface area contributed by atoms with Crippen molar-refractivity contribution in [1.82, 2.24) is 9.55 Å². The number of hydrogen-bond acceptors (Lipinski definition) is 4. The van der Waals surface area contributed by atoms with Crippen LogP contribution in [0.2, 0.25) is 0 Å². The van der Waals surface area contributed by atoms with Crippen LogP contribution in [0.25, 0.3) is 11.0 Å². The van der Waals surface area contributed by atoms with Crippen LogP contribution < -0.4 is 5.73 Å². The van der Waals surface area contributed by atoms with E-state index in [0.717, 1.165) is 0 Å². The van der Waals surface area contributed by atoms with Crippen LogP contribution in [0.5, 0.6) is 0 Å². The van der Waals surface area contributed by atoms with Gasteiger partial charge < -0.3 is 10.3 Å². The fourth-order valence-corrected chi connectivity index (χ4v) is 4.79. The topological polar surface area (TPSA) is 78.0 Å². The maximum atomic E-state index is 13.5. The summed E-state index contributed by atoms with van der Waals surface area (Å²) in [5, 5.41) is 0. The maximum absolute atomic E-state index is 13.5. The van der Waals surface area contributed by atoms with Gasteiger partial charge in [0, 0.05) is 12.6 Å². The first-order valence-corrected chi connectivity index (χ1v) is 8.78. The van der Waals surface area contributed by atoms with Crippen molar-refractivity contribution >= 4 is 42.7 Å². The molecule has 2 aromatic rings. The van der Waals surface area contributed by atoms with Gasteiger partial charge in [-0.05, 0) is 34.3 Å². The Balaban J connectivity index is 1.99. The number of nitrogen functional groups attached to an aromatic ring is 1. The van der Waals surface area contributed by atoms with Crippen LogP contribution >= 0.6 is 15.9 Å². The van der Waals surface area contributed by atoms with Crippen LogP contribution in [0.4, 0.5) is 10.3 Å². The number of nitrogens with two attached hydrogens (primary N) is 1. The quantitative estimate of drug-likeness (QED) is 0.886. The summed E-state index contributed by atoms with van der Waals surface area (Å²) in [5.74, 6) is 0.313. The molecule has 0 amide bonds. The Morgan fingerprint density at radius 1 is 1.50 bits per heavy atom. The van der Waals surface area contributed by atoms with E-state index in [0.29, 0.717) is 28.5 Å². The molecule has 2 N–H and O–H groups in total. The molecule has 108 valence electrons. The summed E-state index contributed by atoms with van der Waals surface area (Å²) in [5.41, 5.74) is 7.05. The molecule has 8 heteroatoms. The van der Waals surface area contributed by atoms with Gasteiger partial charge in [-0.1, -0.05) is 0 Å². The normalized spacial score (nSPS) is 21.6. The van der Waals surface area contributed by atoms with Gasteiger partial charge in [0.1, 0.15) is 5.82 Å². The highest BCUT2D eigenvalue weighted by Crippen LogP contribution is 2.28. The van der Waals surface area contributed by atoms with E-state index in [1.165, 1.54) is 6.07 Å². The predicted octanol–water partition coefficient (Wildman–Crippen LogP) is 1.95. The molecule has 3 rings (SSSR count). The number of aromatic nitrogens is 2. The molecule has 0 radical (unpaired) electrons. The smallest absolute Gasteiger partial charge is 0.201 e. The molecular weight excluding hydrogens is 349 g/mol. The Morgan fingerprint density at radius 2 is 2.25 bits per heavy atom. The zero-order valence-electron chi connectivity index (χ0n) is 10.5. The fourth-order valence-electron chi connectivity index (χ4n) is 2.60. The van der Waals surface area contributed by atoms with Gasteiger partial charge in [-0.25, -0.2) is 17.8 Å². The highest BCUT2D eigenvalue weighted by molar-refractivity contribution is 9.10. The van der Waals surface area contributed by atoms with Crippen LogP contribution in [-0.2, 0) is 16.4 Å². The van der Waals surface area contributed by atoms with E-state index in [2.05, 4.69) is 20.9 Å². The van der Waals surface area contributed by atoms with Crippen LogP contribution in [0.1, 0.15) is 6.42 Å². The standard InChI is InChI=1S/C12H13BrFN3O2S/c13-8-3-11-10(4-9(8)14)16-12(15)17(11)5-7-1-2-20(18,19)6-7/h3-4,7H,1-2,5-6H2,(H2,15,16). The number of halogens is 2. The van der Waals surface area contributed by atoms with Crippen LogP contribution in [0.3, 0.4) is 0 Å². The molecule has 0 spiro atoms. The Kier molecular flexibility index (Phi) is 3.24. The molecule has 1 fully saturated rings. The molecule has 0 bridgehead atoms. The molecule has 1 saturated heterocycles. The summed E-state index contributed by atoms with van der Waals surface area (Å²) in [6, 6.07) is 2.94. The molecule has 1 aromatic heterocycles. The van der Waals surface area contributed by atoms with Gasteiger partial charge in [0.2, 0.25) is 5.95 Å². The molecule has 1 aliphatic rings. The monoisotopic (exact) mass is 361 g/mol. The molecule has 5 nitrogen and oxygen atoms in total. The largest absolute Gasteiger partial charge is 0.369 e. The second kappa shape index (κ2) is 4.70. The van der Waals surface area contributed by atoms with E-state index >= 15 is 0 Å². The van der Waals surface area contributed by atoms with Crippen molar-refractivity contribution in [3.8, 4) is 0 Å². The predicted molar refractivity (Wildman–Crippen MR) is 78.6 cm³/mol. The molecule has 20 heavy (non-hydrogen) atoms. The van der Waals surface area contributed by atoms with E-state index in [4.69, 9.17) is 5.73 Å². The van der Waals surface area contributed by atoms with E-state index in [1.807, 2.05) is 0 Å². The lowest BCUT2D eigenvalue weighted by Gasteiger charge is -2.11. The third-order valence-corrected chi connectivity index (χ3v) is 6.03. The van der Waals surface area contributed by atoms with Gasteiger partial charge in [-0.2, -0.15) is 0 Å². The summed E-state index contributed by atoms with van der Waals surface area (Å²) >= 11 is 3.14. The first-order chi connectivity index (χ1) is 9.35. The van der Waals surface area contributed by atoms with Crippen molar-refractivity contribution in [2.75, 3.05) is 17.2 Å². The molecule has 1 unspecified atom stereocenters. The van der Waals surface area contributed by atoms with E-state index in [9.17, 15) is 12.8 Å². The minimum absolute atomic E-state index is 0.0310. The van der Waals surface area contributed by atoms with E-state index < -0.39 is 15.7 Å². The van der Waals surface area contributed by atoms with Crippen molar-refractivity contribution in [3.05, 3.63) is 22.4 Å². The average Bonchev–Trinajstić information content (AvgIpc) is 2.83. The first kappa shape index (κ1) is 13.8. The van der Waals surface area contributed by atoms with Gasteiger partial charge in [0.25, 0.3) is 0 Å². The Labute approximate surface area is 124 Å².